The molecule has 114 valence electrons. The van der Waals surface area contributed by atoms with Crippen molar-refractivity contribution in [3.8, 4) is 11.8 Å². The Balaban J connectivity index is 2.31. The summed E-state index contributed by atoms with van der Waals surface area (Å²) in [6.07, 6.45) is -0.248. The molecule has 2 rings (SSSR count). The molecule has 6 heteroatoms. The third kappa shape index (κ3) is 3.83. The summed E-state index contributed by atoms with van der Waals surface area (Å²) in [5.74, 6) is 5.23. The molecule has 0 aliphatic carbocycles. The lowest BCUT2D eigenvalue weighted by Crippen LogP contribution is -2.48. The van der Waals surface area contributed by atoms with E-state index in [0.717, 1.165) is 0 Å². The van der Waals surface area contributed by atoms with Gasteiger partial charge in [-0.25, -0.2) is 8.42 Å². The number of aliphatic hydroxyl groups excluding tert-OH is 1. The molecule has 1 aromatic rings. The first kappa shape index (κ1) is 16.0. The van der Waals surface area contributed by atoms with E-state index in [4.69, 9.17) is 9.84 Å². The first-order valence-corrected chi connectivity index (χ1v) is 8.23. The van der Waals surface area contributed by atoms with Gasteiger partial charge < -0.3 is 9.84 Å². The highest BCUT2D eigenvalue weighted by Gasteiger charge is 2.32. The molecule has 1 aromatic carbocycles. The highest BCUT2D eigenvalue weighted by atomic mass is 32.2. The van der Waals surface area contributed by atoms with Crippen LogP contribution in [0.3, 0.4) is 0 Å². The van der Waals surface area contributed by atoms with Gasteiger partial charge in [-0.15, -0.1) is 0 Å². The monoisotopic (exact) mass is 309 g/mol. The molecule has 1 fully saturated rings. The number of sulfonamides is 1. The molecular weight excluding hydrogens is 290 g/mol. The molecule has 5 nitrogen and oxygen atoms in total. The fourth-order valence-corrected chi connectivity index (χ4v) is 3.99. The molecule has 0 saturated carbocycles. The maximum absolute atomic E-state index is 12.7. The summed E-state index contributed by atoms with van der Waals surface area (Å²) in [6.45, 7) is 4.16. The maximum atomic E-state index is 12.7. The topological polar surface area (TPSA) is 66.8 Å². The van der Waals surface area contributed by atoms with E-state index in [1.807, 2.05) is 13.8 Å². The van der Waals surface area contributed by atoms with Crippen LogP contribution in [-0.4, -0.2) is 49.7 Å². The molecule has 21 heavy (non-hydrogen) atoms. The van der Waals surface area contributed by atoms with Crippen LogP contribution < -0.4 is 0 Å². The van der Waals surface area contributed by atoms with Crippen molar-refractivity contribution in [2.75, 3.05) is 19.7 Å². The van der Waals surface area contributed by atoms with Gasteiger partial charge in [-0.3, -0.25) is 0 Å². The van der Waals surface area contributed by atoms with Crippen molar-refractivity contribution in [3.63, 3.8) is 0 Å². The van der Waals surface area contributed by atoms with Crippen LogP contribution in [0.4, 0.5) is 0 Å². The fourth-order valence-electron chi connectivity index (χ4n) is 2.35. The van der Waals surface area contributed by atoms with Crippen molar-refractivity contribution in [2.45, 2.75) is 31.0 Å². The van der Waals surface area contributed by atoms with Crippen molar-refractivity contribution in [3.05, 3.63) is 29.8 Å². The molecule has 0 spiro atoms. The Bertz CT molecular complexity index is 650. The van der Waals surface area contributed by atoms with Crippen LogP contribution in [0.5, 0.6) is 0 Å². The van der Waals surface area contributed by atoms with Crippen molar-refractivity contribution in [1.29, 1.82) is 0 Å². The number of rotatable bonds is 2. The Morgan fingerprint density at radius 3 is 2.62 bits per heavy atom. The van der Waals surface area contributed by atoms with E-state index in [1.54, 1.807) is 18.2 Å². The van der Waals surface area contributed by atoms with Gasteiger partial charge in [0.05, 0.1) is 17.1 Å². The van der Waals surface area contributed by atoms with Gasteiger partial charge in [0.25, 0.3) is 0 Å². The summed E-state index contributed by atoms with van der Waals surface area (Å²) in [7, 11) is -3.55. The van der Waals surface area contributed by atoms with Gasteiger partial charge in [-0.05, 0) is 32.0 Å². The van der Waals surface area contributed by atoms with Crippen molar-refractivity contribution in [1.82, 2.24) is 4.31 Å². The van der Waals surface area contributed by atoms with E-state index in [2.05, 4.69) is 11.8 Å². The molecule has 1 N–H and O–H groups in total. The summed E-state index contributed by atoms with van der Waals surface area (Å²) >= 11 is 0. The number of benzene rings is 1. The zero-order valence-electron chi connectivity index (χ0n) is 12.1. The lowest BCUT2D eigenvalue weighted by molar-refractivity contribution is -0.0440. The molecule has 1 aliphatic heterocycles. The molecule has 1 aliphatic rings. The third-order valence-electron chi connectivity index (χ3n) is 3.17. The first-order chi connectivity index (χ1) is 9.93. The quantitative estimate of drug-likeness (QED) is 0.822. The van der Waals surface area contributed by atoms with E-state index in [1.165, 1.54) is 10.4 Å². The average molecular weight is 309 g/mol. The second kappa shape index (κ2) is 6.58. The van der Waals surface area contributed by atoms with Crippen molar-refractivity contribution < 1.29 is 18.3 Å². The second-order valence-corrected chi connectivity index (χ2v) is 7.00. The standard InChI is InChI=1S/C15H19NO4S/c1-12-10-16(11-13(2)20-12)21(18,19)15-7-3-5-14(9-15)6-4-8-17/h3,5,7,9,12-13,17H,8,10-11H2,1-2H3. The first-order valence-electron chi connectivity index (χ1n) is 6.79. The van der Waals surface area contributed by atoms with Crippen LogP contribution >= 0.6 is 0 Å². The Labute approximate surface area is 125 Å². The Morgan fingerprint density at radius 1 is 1.33 bits per heavy atom. The van der Waals surface area contributed by atoms with Gasteiger partial charge in [0.2, 0.25) is 10.0 Å². The van der Waals surface area contributed by atoms with E-state index in [9.17, 15) is 8.42 Å². The summed E-state index contributed by atoms with van der Waals surface area (Å²) in [5.41, 5.74) is 0.569. The van der Waals surface area contributed by atoms with Crippen molar-refractivity contribution in [2.24, 2.45) is 0 Å². The molecule has 1 heterocycles. The molecule has 0 amide bonds. The molecule has 1 saturated heterocycles. The van der Waals surface area contributed by atoms with Crippen molar-refractivity contribution >= 4 is 10.0 Å². The Kier molecular flexibility index (Phi) is 5.01. The molecule has 0 bridgehead atoms. The number of aliphatic hydroxyl groups is 1. The normalized spacial score (nSPS) is 23.4. The summed E-state index contributed by atoms with van der Waals surface area (Å²) in [4.78, 5) is 0.216. The van der Waals surface area contributed by atoms with Crippen LogP contribution in [0.15, 0.2) is 29.2 Å². The average Bonchev–Trinajstić information content (AvgIpc) is 2.44. The Morgan fingerprint density at radius 2 is 2.00 bits per heavy atom. The van der Waals surface area contributed by atoms with E-state index in [0.29, 0.717) is 18.7 Å². The fraction of sp³-hybridized carbons (Fsp3) is 0.467. The van der Waals surface area contributed by atoms with E-state index in [-0.39, 0.29) is 23.7 Å². The third-order valence-corrected chi connectivity index (χ3v) is 5.00. The summed E-state index contributed by atoms with van der Waals surface area (Å²) in [6, 6.07) is 6.46. The second-order valence-electron chi connectivity index (χ2n) is 5.07. The molecular formula is C15H19NO4S. The summed E-state index contributed by atoms with van der Waals surface area (Å²) < 4.78 is 32.4. The number of nitrogens with zero attached hydrogens (tertiary/aromatic N) is 1. The van der Waals surface area contributed by atoms with Gasteiger partial charge >= 0.3 is 0 Å². The van der Waals surface area contributed by atoms with Gasteiger partial charge in [-0.2, -0.15) is 4.31 Å². The van der Waals surface area contributed by atoms with Crippen LogP contribution in [-0.2, 0) is 14.8 Å². The maximum Gasteiger partial charge on any atom is 0.243 e. The molecule has 0 aromatic heterocycles. The lowest BCUT2D eigenvalue weighted by atomic mass is 10.2. The summed E-state index contributed by atoms with van der Waals surface area (Å²) in [5, 5.41) is 8.70. The largest absolute Gasteiger partial charge is 0.384 e. The zero-order valence-corrected chi connectivity index (χ0v) is 12.9. The van der Waals surface area contributed by atoms with E-state index >= 15 is 0 Å². The minimum Gasteiger partial charge on any atom is -0.384 e. The van der Waals surface area contributed by atoms with Crippen LogP contribution in [0, 0.1) is 11.8 Å². The van der Waals surface area contributed by atoms with Gasteiger partial charge in [0, 0.05) is 18.7 Å². The number of ether oxygens (including phenoxy) is 1. The molecule has 2 atom stereocenters. The predicted molar refractivity (Wildman–Crippen MR) is 79.2 cm³/mol. The van der Waals surface area contributed by atoms with Crippen LogP contribution in [0.25, 0.3) is 0 Å². The molecule has 2 unspecified atom stereocenters. The lowest BCUT2D eigenvalue weighted by Gasteiger charge is -2.34. The SMILES string of the molecule is CC1CN(S(=O)(=O)c2cccc(C#CCO)c2)CC(C)O1. The number of hydrogen-bond acceptors (Lipinski definition) is 4. The van der Waals surface area contributed by atoms with Crippen LogP contribution in [0.1, 0.15) is 19.4 Å². The smallest absolute Gasteiger partial charge is 0.243 e. The number of morpholine rings is 1. The van der Waals surface area contributed by atoms with Gasteiger partial charge in [0.1, 0.15) is 6.61 Å². The van der Waals surface area contributed by atoms with Crippen LogP contribution in [0.2, 0.25) is 0 Å². The molecule has 0 radical (unpaired) electrons. The highest BCUT2D eigenvalue weighted by Crippen LogP contribution is 2.21. The minimum atomic E-state index is -3.55. The van der Waals surface area contributed by atoms with Gasteiger partial charge in [-0.1, -0.05) is 17.9 Å². The number of hydrogen-bond donors (Lipinski definition) is 1. The minimum absolute atomic E-state index is 0.124. The van der Waals surface area contributed by atoms with E-state index < -0.39 is 10.0 Å². The Hall–Kier alpha value is -1.39. The highest BCUT2D eigenvalue weighted by molar-refractivity contribution is 7.89. The van der Waals surface area contributed by atoms with Gasteiger partial charge in [0.15, 0.2) is 0 Å². The predicted octanol–water partition coefficient (Wildman–Crippen LogP) is 0.828. The zero-order chi connectivity index (χ0) is 15.5.